The number of nitrogens with zero attached hydrogens (tertiary/aromatic N) is 1. The van der Waals surface area contributed by atoms with E-state index < -0.39 is 0 Å². The number of hydrogen-bond donors (Lipinski definition) is 2. The van der Waals surface area contributed by atoms with Crippen LogP contribution in [-0.2, 0) is 6.54 Å². The molecule has 2 rings (SSSR count). The van der Waals surface area contributed by atoms with Crippen molar-refractivity contribution in [2.45, 2.75) is 26.8 Å². The summed E-state index contributed by atoms with van der Waals surface area (Å²) in [5.74, 6) is 0.732. The van der Waals surface area contributed by atoms with Crippen molar-refractivity contribution in [2.75, 3.05) is 6.54 Å². The van der Waals surface area contributed by atoms with Crippen molar-refractivity contribution in [1.82, 2.24) is 15.3 Å². The number of hydrogen-bond acceptors (Lipinski definition) is 2. The minimum atomic E-state index is 0.732. The van der Waals surface area contributed by atoms with Gasteiger partial charge in [0, 0.05) is 24.3 Å². The molecule has 0 aliphatic heterocycles. The van der Waals surface area contributed by atoms with E-state index in [1.54, 1.807) is 6.20 Å². The second kappa shape index (κ2) is 5.52. The first-order chi connectivity index (χ1) is 8.18. The molecule has 2 aromatic heterocycles. The molecule has 3 nitrogen and oxygen atoms in total. The molecule has 2 aromatic rings. The summed E-state index contributed by atoms with van der Waals surface area (Å²) in [6, 6.07) is 1.83. The number of pyridine rings is 1. The van der Waals surface area contributed by atoms with Crippen LogP contribution in [0.4, 0.5) is 0 Å². The molecule has 0 saturated carbocycles. The highest BCUT2D eigenvalue weighted by Crippen LogP contribution is 2.24. The van der Waals surface area contributed by atoms with Crippen molar-refractivity contribution in [3.8, 4) is 0 Å². The van der Waals surface area contributed by atoms with E-state index >= 15 is 0 Å². The van der Waals surface area contributed by atoms with E-state index in [4.69, 9.17) is 11.6 Å². The van der Waals surface area contributed by atoms with Gasteiger partial charge in [0.05, 0.1) is 5.02 Å². The number of H-pyrrole nitrogens is 1. The Balaban J connectivity index is 2.04. The van der Waals surface area contributed by atoms with Crippen LogP contribution in [0.3, 0.4) is 0 Å². The van der Waals surface area contributed by atoms with Gasteiger partial charge in [0.2, 0.25) is 0 Å². The van der Waals surface area contributed by atoms with E-state index in [9.17, 15) is 0 Å². The summed E-state index contributed by atoms with van der Waals surface area (Å²) < 4.78 is 0. The molecule has 92 valence electrons. The van der Waals surface area contributed by atoms with E-state index in [2.05, 4.69) is 29.1 Å². The second-order valence-corrected chi connectivity index (χ2v) is 5.10. The van der Waals surface area contributed by atoms with Gasteiger partial charge >= 0.3 is 0 Å². The smallest absolute Gasteiger partial charge is 0.139 e. The maximum atomic E-state index is 6.18. The first kappa shape index (κ1) is 12.4. The molecule has 2 heterocycles. The fourth-order valence-corrected chi connectivity index (χ4v) is 2.10. The summed E-state index contributed by atoms with van der Waals surface area (Å²) in [4.78, 5) is 7.39. The van der Waals surface area contributed by atoms with Crippen molar-refractivity contribution in [3.05, 3.63) is 29.0 Å². The largest absolute Gasteiger partial charge is 0.346 e. The summed E-state index contributed by atoms with van der Waals surface area (Å²) in [6.45, 7) is 6.32. The Hall–Kier alpha value is -1.06. The summed E-state index contributed by atoms with van der Waals surface area (Å²) in [5, 5.41) is 5.23. The molecule has 0 amide bonds. The molecule has 17 heavy (non-hydrogen) atoms. The Labute approximate surface area is 107 Å². The van der Waals surface area contributed by atoms with Crippen LogP contribution in [0.5, 0.6) is 0 Å². The third-order valence-electron chi connectivity index (χ3n) is 2.82. The zero-order chi connectivity index (χ0) is 12.3. The van der Waals surface area contributed by atoms with Gasteiger partial charge in [0.25, 0.3) is 0 Å². The predicted molar refractivity (Wildman–Crippen MR) is 72.3 cm³/mol. The number of rotatable bonds is 5. The predicted octanol–water partition coefficient (Wildman–Crippen LogP) is 3.35. The maximum absolute atomic E-state index is 6.18. The van der Waals surface area contributed by atoms with Gasteiger partial charge in [-0.1, -0.05) is 25.4 Å². The molecule has 0 bridgehead atoms. The highest BCUT2D eigenvalue weighted by Gasteiger charge is 2.07. The summed E-state index contributed by atoms with van der Waals surface area (Å²) >= 11 is 6.18. The average Bonchev–Trinajstić information content (AvgIpc) is 2.69. The summed E-state index contributed by atoms with van der Waals surface area (Å²) in [6.07, 6.45) is 4.89. The van der Waals surface area contributed by atoms with Crippen LogP contribution < -0.4 is 5.32 Å². The zero-order valence-corrected chi connectivity index (χ0v) is 11.0. The topological polar surface area (TPSA) is 40.7 Å². The van der Waals surface area contributed by atoms with Crippen molar-refractivity contribution in [2.24, 2.45) is 5.92 Å². The lowest BCUT2D eigenvalue weighted by atomic mass is 10.1. The molecule has 2 N–H and O–H groups in total. The van der Waals surface area contributed by atoms with Crippen molar-refractivity contribution >= 4 is 22.6 Å². The van der Waals surface area contributed by atoms with E-state index in [-0.39, 0.29) is 0 Å². The lowest BCUT2D eigenvalue weighted by molar-refractivity contribution is 0.538. The quantitative estimate of drug-likeness (QED) is 0.800. The van der Waals surface area contributed by atoms with Crippen LogP contribution in [-0.4, -0.2) is 16.5 Å². The minimum absolute atomic E-state index is 0.732. The first-order valence-corrected chi connectivity index (χ1v) is 6.37. The average molecular weight is 252 g/mol. The van der Waals surface area contributed by atoms with Crippen LogP contribution in [0.1, 0.15) is 25.8 Å². The Morgan fingerprint density at radius 2 is 2.29 bits per heavy atom. The molecule has 0 saturated heterocycles. The third kappa shape index (κ3) is 2.99. The maximum Gasteiger partial charge on any atom is 0.139 e. The summed E-state index contributed by atoms with van der Waals surface area (Å²) in [5.41, 5.74) is 2.04. The van der Waals surface area contributed by atoms with E-state index in [1.165, 1.54) is 12.0 Å². The van der Waals surface area contributed by atoms with Gasteiger partial charge < -0.3 is 10.3 Å². The molecule has 4 heteroatoms. The van der Waals surface area contributed by atoms with E-state index in [1.807, 2.05) is 12.3 Å². The Morgan fingerprint density at radius 1 is 1.47 bits per heavy atom. The molecule has 0 radical (unpaired) electrons. The monoisotopic (exact) mass is 251 g/mol. The van der Waals surface area contributed by atoms with E-state index in [0.717, 1.165) is 35.1 Å². The first-order valence-electron chi connectivity index (χ1n) is 5.99. The molecule has 0 atom stereocenters. The van der Waals surface area contributed by atoms with Crippen molar-refractivity contribution in [3.63, 3.8) is 0 Å². The normalized spacial score (nSPS) is 11.5. The van der Waals surface area contributed by atoms with Crippen molar-refractivity contribution < 1.29 is 0 Å². The van der Waals surface area contributed by atoms with Crippen LogP contribution in [0.25, 0.3) is 11.0 Å². The zero-order valence-electron chi connectivity index (χ0n) is 10.3. The highest BCUT2D eigenvalue weighted by molar-refractivity contribution is 6.35. The summed E-state index contributed by atoms with van der Waals surface area (Å²) in [7, 11) is 0. The van der Waals surface area contributed by atoms with Crippen molar-refractivity contribution in [1.29, 1.82) is 0 Å². The van der Waals surface area contributed by atoms with Gasteiger partial charge in [-0.3, -0.25) is 0 Å². The van der Waals surface area contributed by atoms with Gasteiger partial charge in [-0.05, 0) is 30.5 Å². The van der Waals surface area contributed by atoms with Gasteiger partial charge in [-0.25, -0.2) is 4.98 Å². The molecular formula is C13H18ClN3. The molecule has 0 aliphatic carbocycles. The fourth-order valence-electron chi connectivity index (χ4n) is 1.83. The lowest BCUT2D eigenvalue weighted by Crippen LogP contribution is -2.16. The number of fused-ring (bicyclic) bond motifs is 1. The number of nitrogens with one attached hydrogen (secondary N) is 2. The van der Waals surface area contributed by atoms with Gasteiger partial charge in [0.1, 0.15) is 5.65 Å². The standard InChI is InChI=1S/C13H18ClN3/c1-9(2)3-5-15-7-10-8-17-13-12(10)11(14)4-6-16-13/h4,6,8-9,15H,3,5,7H2,1-2H3,(H,16,17). The third-order valence-corrected chi connectivity index (χ3v) is 3.13. The molecule has 0 unspecified atom stereocenters. The second-order valence-electron chi connectivity index (χ2n) is 4.69. The number of aromatic nitrogens is 2. The van der Waals surface area contributed by atoms with Gasteiger partial charge in [-0.15, -0.1) is 0 Å². The Morgan fingerprint density at radius 3 is 3.06 bits per heavy atom. The Bertz CT molecular complexity index is 490. The molecule has 0 spiro atoms. The molecule has 0 aliphatic rings. The van der Waals surface area contributed by atoms with Crippen LogP contribution in [0.2, 0.25) is 5.02 Å². The van der Waals surface area contributed by atoms with E-state index in [0.29, 0.717) is 0 Å². The highest BCUT2D eigenvalue weighted by atomic mass is 35.5. The molecule has 0 aromatic carbocycles. The molecular weight excluding hydrogens is 234 g/mol. The van der Waals surface area contributed by atoms with Gasteiger partial charge in [-0.2, -0.15) is 0 Å². The van der Waals surface area contributed by atoms with Crippen LogP contribution >= 0.6 is 11.6 Å². The minimum Gasteiger partial charge on any atom is -0.346 e. The SMILES string of the molecule is CC(C)CCNCc1c[nH]c2nccc(Cl)c12. The fraction of sp³-hybridized carbons (Fsp3) is 0.462. The van der Waals surface area contributed by atoms with Gasteiger partial charge in [0.15, 0.2) is 0 Å². The lowest BCUT2D eigenvalue weighted by Gasteiger charge is -2.06. The Kier molecular flexibility index (Phi) is 4.02. The molecule has 0 fully saturated rings. The van der Waals surface area contributed by atoms with Crippen LogP contribution in [0.15, 0.2) is 18.5 Å². The number of aromatic amines is 1. The van der Waals surface area contributed by atoms with Crippen LogP contribution in [0, 0.1) is 5.92 Å². The number of halogens is 1.